The molecule has 0 unspecified atom stereocenters. The molecule has 8 heteroatoms. The molecule has 0 radical (unpaired) electrons. The van der Waals surface area contributed by atoms with E-state index in [0.717, 1.165) is 11.5 Å². The molecule has 2 heterocycles. The Labute approximate surface area is 128 Å². The molecule has 22 heavy (non-hydrogen) atoms. The average Bonchev–Trinajstić information content (AvgIpc) is 3.25. The van der Waals surface area contributed by atoms with Crippen LogP contribution in [0.5, 0.6) is 0 Å². The summed E-state index contributed by atoms with van der Waals surface area (Å²) in [7, 11) is 0. The molecule has 0 saturated heterocycles. The molecule has 8 nitrogen and oxygen atoms in total. The van der Waals surface area contributed by atoms with Crippen LogP contribution in [0.15, 0.2) is 24.0 Å². The van der Waals surface area contributed by atoms with E-state index in [1.807, 2.05) is 19.1 Å². The van der Waals surface area contributed by atoms with E-state index < -0.39 is 0 Å². The normalized spacial score (nSPS) is 14.9. The summed E-state index contributed by atoms with van der Waals surface area (Å²) in [6, 6.07) is 3.89. The topological polar surface area (TPSA) is 131 Å². The molecule has 0 bridgehead atoms. The number of nitrogens with two attached hydrogens (primary N) is 2. The molecule has 0 aromatic carbocycles. The summed E-state index contributed by atoms with van der Waals surface area (Å²) in [4.78, 5) is 8.71. The third-order valence-corrected chi connectivity index (χ3v) is 3.39. The van der Waals surface area contributed by atoms with Crippen LogP contribution >= 0.6 is 0 Å². The molecule has 0 spiro atoms. The van der Waals surface area contributed by atoms with Crippen LogP contribution in [0.2, 0.25) is 0 Å². The first-order valence-corrected chi connectivity index (χ1v) is 7.22. The van der Waals surface area contributed by atoms with Gasteiger partial charge in [0.2, 0.25) is 5.95 Å². The summed E-state index contributed by atoms with van der Waals surface area (Å²) in [6.45, 7) is 2.30. The minimum absolute atomic E-state index is 0.396. The van der Waals surface area contributed by atoms with E-state index >= 15 is 0 Å². The van der Waals surface area contributed by atoms with Gasteiger partial charge in [0.05, 0.1) is 6.54 Å². The van der Waals surface area contributed by atoms with Gasteiger partial charge in [-0.2, -0.15) is 10.1 Å². The van der Waals surface area contributed by atoms with E-state index in [4.69, 9.17) is 11.5 Å². The fourth-order valence-corrected chi connectivity index (χ4v) is 2.09. The monoisotopic (exact) mass is 300 g/mol. The quantitative estimate of drug-likeness (QED) is 0.543. The Morgan fingerprint density at radius 1 is 1.36 bits per heavy atom. The van der Waals surface area contributed by atoms with Crippen molar-refractivity contribution in [1.29, 1.82) is 0 Å². The Morgan fingerprint density at radius 3 is 2.91 bits per heavy atom. The standard InChI is InChI=1S/C14H20N8/c1-8-4-12(20-14(18-8)17-7-10(16)6-15)19-13-5-11(21-22-13)9-2-3-9/h4-6,9H,2-3,7,15-16H2,1H3,(H3,17,18,19,20,21,22)/b10-6-. The maximum absolute atomic E-state index is 5.65. The number of hydrogen-bond donors (Lipinski definition) is 5. The number of aromatic nitrogens is 4. The van der Waals surface area contributed by atoms with Crippen LogP contribution in [0.3, 0.4) is 0 Å². The van der Waals surface area contributed by atoms with Crippen LogP contribution in [-0.2, 0) is 0 Å². The predicted octanol–water partition coefficient (Wildman–Crippen LogP) is 1.30. The van der Waals surface area contributed by atoms with Crippen LogP contribution in [0.1, 0.15) is 30.1 Å². The number of nitrogens with zero attached hydrogens (tertiary/aromatic N) is 3. The number of H-pyrrole nitrogens is 1. The van der Waals surface area contributed by atoms with Gasteiger partial charge in [-0.3, -0.25) is 5.10 Å². The highest BCUT2D eigenvalue weighted by atomic mass is 15.2. The van der Waals surface area contributed by atoms with E-state index in [9.17, 15) is 0 Å². The first-order chi connectivity index (χ1) is 10.6. The van der Waals surface area contributed by atoms with Crippen molar-refractivity contribution in [3.8, 4) is 0 Å². The van der Waals surface area contributed by atoms with Gasteiger partial charge in [-0.05, 0) is 19.8 Å². The lowest BCUT2D eigenvalue weighted by Gasteiger charge is -2.08. The lowest BCUT2D eigenvalue weighted by atomic mass is 10.3. The summed E-state index contributed by atoms with van der Waals surface area (Å²) in [5.41, 5.74) is 13.5. The van der Waals surface area contributed by atoms with Crippen LogP contribution in [0.25, 0.3) is 0 Å². The highest BCUT2D eigenvalue weighted by Gasteiger charge is 2.25. The fraction of sp³-hybridized carbons (Fsp3) is 0.357. The average molecular weight is 300 g/mol. The second kappa shape index (κ2) is 5.92. The maximum Gasteiger partial charge on any atom is 0.225 e. The zero-order valence-corrected chi connectivity index (χ0v) is 12.4. The van der Waals surface area contributed by atoms with E-state index in [1.54, 1.807) is 0 Å². The Balaban J connectivity index is 1.70. The van der Waals surface area contributed by atoms with Gasteiger partial charge < -0.3 is 22.1 Å². The van der Waals surface area contributed by atoms with E-state index in [2.05, 4.69) is 30.8 Å². The SMILES string of the molecule is Cc1cc(Nc2cc(C3CC3)[nH]n2)nc(NC/C(N)=C/N)n1. The summed E-state index contributed by atoms with van der Waals surface area (Å²) in [6.07, 6.45) is 3.82. The van der Waals surface area contributed by atoms with Crippen LogP contribution in [0.4, 0.5) is 17.6 Å². The third-order valence-electron chi connectivity index (χ3n) is 3.39. The summed E-state index contributed by atoms with van der Waals surface area (Å²) in [5.74, 6) is 2.56. The molecular formula is C14H20N8. The molecular weight excluding hydrogens is 280 g/mol. The van der Waals surface area contributed by atoms with Gasteiger partial charge in [-0.15, -0.1) is 0 Å². The van der Waals surface area contributed by atoms with Crippen molar-refractivity contribution in [2.75, 3.05) is 17.2 Å². The van der Waals surface area contributed by atoms with Gasteiger partial charge in [0.15, 0.2) is 5.82 Å². The van der Waals surface area contributed by atoms with E-state index in [1.165, 1.54) is 24.7 Å². The first kappa shape index (κ1) is 14.2. The third kappa shape index (κ3) is 3.46. The van der Waals surface area contributed by atoms with Crippen molar-refractivity contribution < 1.29 is 0 Å². The Bertz CT molecular complexity index is 686. The van der Waals surface area contributed by atoms with Crippen molar-refractivity contribution in [2.45, 2.75) is 25.7 Å². The van der Waals surface area contributed by atoms with Crippen molar-refractivity contribution in [3.63, 3.8) is 0 Å². The Hall–Kier alpha value is -2.77. The minimum Gasteiger partial charge on any atom is -0.403 e. The Kier molecular flexibility index (Phi) is 3.82. The molecule has 7 N–H and O–H groups in total. The summed E-state index contributed by atoms with van der Waals surface area (Å²) < 4.78 is 0. The lowest BCUT2D eigenvalue weighted by Crippen LogP contribution is -2.15. The van der Waals surface area contributed by atoms with Gasteiger partial charge >= 0.3 is 0 Å². The number of nitrogens with one attached hydrogen (secondary N) is 3. The molecule has 0 amide bonds. The maximum atomic E-state index is 5.65. The van der Waals surface area contributed by atoms with E-state index in [0.29, 0.717) is 29.9 Å². The van der Waals surface area contributed by atoms with Crippen molar-refractivity contribution in [2.24, 2.45) is 11.5 Å². The van der Waals surface area contributed by atoms with Crippen molar-refractivity contribution in [1.82, 2.24) is 20.2 Å². The molecule has 2 aromatic heterocycles. The van der Waals surface area contributed by atoms with Crippen LogP contribution in [-0.4, -0.2) is 26.7 Å². The molecule has 116 valence electrons. The molecule has 1 aliphatic rings. The molecule has 0 atom stereocenters. The van der Waals surface area contributed by atoms with Gasteiger partial charge in [-0.25, -0.2) is 4.98 Å². The van der Waals surface area contributed by atoms with Crippen LogP contribution < -0.4 is 22.1 Å². The number of rotatable bonds is 6. The molecule has 1 fully saturated rings. The lowest BCUT2D eigenvalue weighted by molar-refractivity contribution is 0.966. The molecule has 1 saturated carbocycles. The highest BCUT2D eigenvalue weighted by molar-refractivity contribution is 5.54. The van der Waals surface area contributed by atoms with Crippen molar-refractivity contribution >= 4 is 17.6 Å². The van der Waals surface area contributed by atoms with Crippen LogP contribution in [0, 0.1) is 6.92 Å². The zero-order valence-electron chi connectivity index (χ0n) is 12.4. The number of hydrogen-bond acceptors (Lipinski definition) is 7. The van der Waals surface area contributed by atoms with Gasteiger partial charge in [-0.1, -0.05) is 0 Å². The predicted molar refractivity (Wildman–Crippen MR) is 85.6 cm³/mol. The van der Waals surface area contributed by atoms with Gasteiger partial charge in [0.1, 0.15) is 5.82 Å². The van der Waals surface area contributed by atoms with Crippen molar-refractivity contribution in [3.05, 3.63) is 35.4 Å². The van der Waals surface area contributed by atoms with E-state index in [-0.39, 0.29) is 0 Å². The summed E-state index contributed by atoms with van der Waals surface area (Å²) >= 11 is 0. The summed E-state index contributed by atoms with van der Waals surface area (Å²) in [5, 5.41) is 13.5. The minimum atomic E-state index is 0.396. The highest BCUT2D eigenvalue weighted by Crippen LogP contribution is 2.39. The molecule has 0 aliphatic heterocycles. The fourth-order valence-electron chi connectivity index (χ4n) is 2.09. The molecule has 3 rings (SSSR count). The first-order valence-electron chi connectivity index (χ1n) is 7.22. The Morgan fingerprint density at radius 2 is 2.18 bits per heavy atom. The number of aromatic amines is 1. The molecule has 2 aromatic rings. The molecule has 1 aliphatic carbocycles. The zero-order chi connectivity index (χ0) is 15.5. The second-order valence-corrected chi connectivity index (χ2v) is 5.42. The number of aryl methyl sites for hydroxylation is 1. The largest absolute Gasteiger partial charge is 0.403 e. The second-order valence-electron chi connectivity index (χ2n) is 5.42. The number of anilines is 3. The smallest absolute Gasteiger partial charge is 0.225 e. The van der Waals surface area contributed by atoms with Gasteiger partial charge in [0.25, 0.3) is 0 Å². The van der Waals surface area contributed by atoms with Gasteiger partial charge in [0, 0.05) is 41.3 Å².